The van der Waals surface area contributed by atoms with Gasteiger partial charge in [-0.15, -0.1) is 0 Å². The maximum absolute atomic E-state index is 6.63. The molecule has 3 heteroatoms. The molecule has 0 saturated carbocycles. The molecular weight excluding hydrogens is 310 g/mol. The van der Waals surface area contributed by atoms with Gasteiger partial charge in [-0.3, -0.25) is 4.90 Å². The minimum Gasteiger partial charge on any atom is -0.487 e. The van der Waals surface area contributed by atoms with Gasteiger partial charge in [-0.2, -0.15) is 0 Å². The molecule has 1 aromatic carbocycles. The Labute approximate surface area is 151 Å². The molecule has 0 aliphatic carbocycles. The van der Waals surface area contributed by atoms with E-state index >= 15 is 0 Å². The predicted octanol–water partition coefficient (Wildman–Crippen LogP) is 4.18. The third kappa shape index (κ3) is 3.30. The Morgan fingerprint density at radius 1 is 1.16 bits per heavy atom. The Morgan fingerprint density at radius 3 is 2.72 bits per heavy atom. The molecule has 0 bridgehead atoms. The zero-order valence-corrected chi connectivity index (χ0v) is 15.7. The van der Waals surface area contributed by atoms with Crippen LogP contribution in [0.1, 0.15) is 58.1 Å². The molecule has 25 heavy (non-hydrogen) atoms. The Hall–Kier alpha value is -1.50. The summed E-state index contributed by atoms with van der Waals surface area (Å²) in [5, 5.41) is 0. The van der Waals surface area contributed by atoms with Gasteiger partial charge in [0.1, 0.15) is 17.0 Å². The highest BCUT2D eigenvalue weighted by atomic mass is 16.5. The average Bonchev–Trinajstić information content (AvgIpc) is 3.07. The van der Waals surface area contributed by atoms with Gasteiger partial charge in [0.05, 0.1) is 12.6 Å². The lowest BCUT2D eigenvalue weighted by atomic mass is 9.73. The highest BCUT2D eigenvalue weighted by Gasteiger charge is 2.49. The summed E-state index contributed by atoms with van der Waals surface area (Å²) < 4.78 is 12.9. The second-order valence-corrected chi connectivity index (χ2v) is 8.44. The summed E-state index contributed by atoms with van der Waals surface area (Å²) in [4.78, 5) is 2.44. The van der Waals surface area contributed by atoms with E-state index in [9.17, 15) is 0 Å². The van der Waals surface area contributed by atoms with Crippen molar-refractivity contribution in [2.75, 3.05) is 19.6 Å². The summed E-state index contributed by atoms with van der Waals surface area (Å²) in [7, 11) is 0. The highest BCUT2D eigenvalue weighted by Crippen LogP contribution is 2.52. The standard InChI is InChI=1S/C22H29NO2/c1-21(2)18-11-13-22(3,12-8-16-23-14-6-7-15-23)25-20(18)17-9-4-5-10-19(17)24-21/h4-5,9-10,18,20H,6-7,11,13-16H2,1-3H3/t18-,20-,22+/m1/s1. The van der Waals surface area contributed by atoms with Crippen molar-refractivity contribution in [1.82, 2.24) is 4.90 Å². The van der Waals surface area contributed by atoms with Crippen molar-refractivity contribution in [3.63, 3.8) is 0 Å². The lowest BCUT2D eigenvalue weighted by molar-refractivity contribution is -0.169. The van der Waals surface area contributed by atoms with Gasteiger partial charge in [0, 0.05) is 11.5 Å². The van der Waals surface area contributed by atoms with E-state index in [2.05, 4.69) is 55.7 Å². The first-order valence-electron chi connectivity index (χ1n) is 9.65. The Morgan fingerprint density at radius 2 is 1.92 bits per heavy atom. The van der Waals surface area contributed by atoms with Gasteiger partial charge in [-0.1, -0.05) is 30.0 Å². The van der Waals surface area contributed by atoms with Gasteiger partial charge in [0.25, 0.3) is 0 Å². The van der Waals surface area contributed by atoms with Gasteiger partial charge >= 0.3 is 0 Å². The van der Waals surface area contributed by atoms with Gasteiger partial charge in [0.15, 0.2) is 0 Å². The number of hydrogen-bond donors (Lipinski definition) is 0. The maximum atomic E-state index is 6.63. The number of nitrogens with zero attached hydrogens (tertiary/aromatic N) is 1. The first-order valence-corrected chi connectivity index (χ1v) is 9.65. The van der Waals surface area contributed by atoms with Crippen LogP contribution in [0.3, 0.4) is 0 Å². The summed E-state index contributed by atoms with van der Waals surface area (Å²) in [6.07, 6.45) is 4.74. The molecule has 1 aromatic rings. The number of rotatable bonds is 1. The molecule has 4 rings (SSSR count). The molecule has 0 N–H and O–H groups in total. The molecule has 2 fully saturated rings. The molecule has 2 saturated heterocycles. The Balaban J connectivity index is 1.55. The minimum absolute atomic E-state index is 0.0692. The van der Waals surface area contributed by atoms with Crippen LogP contribution in [0.2, 0.25) is 0 Å². The van der Waals surface area contributed by atoms with Crippen molar-refractivity contribution in [3.05, 3.63) is 29.8 Å². The minimum atomic E-state index is -0.360. The van der Waals surface area contributed by atoms with E-state index in [0.29, 0.717) is 5.92 Å². The Bertz CT molecular complexity index is 695. The second-order valence-electron chi connectivity index (χ2n) is 8.44. The molecule has 0 unspecified atom stereocenters. The number of para-hydroxylation sites is 1. The lowest BCUT2D eigenvalue weighted by Crippen LogP contribution is -2.50. The normalized spacial score (nSPS) is 33.6. The van der Waals surface area contributed by atoms with Crippen molar-refractivity contribution < 1.29 is 9.47 Å². The first-order chi connectivity index (χ1) is 12.0. The smallest absolute Gasteiger partial charge is 0.126 e. The van der Waals surface area contributed by atoms with Crippen LogP contribution in [-0.2, 0) is 4.74 Å². The molecule has 3 heterocycles. The number of hydrogen-bond acceptors (Lipinski definition) is 3. The molecule has 134 valence electrons. The van der Waals surface area contributed by atoms with Gasteiger partial charge in [0.2, 0.25) is 0 Å². The molecule has 3 nitrogen and oxygen atoms in total. The quantitative estimate of drug-likeness (QED) is 0.716. The summed E-state index contributed by atoms with van der Waals surface area (Å²) >= 11 is 0. The third-order valence-corrected chi connectivity index (χ3v) is 6.03. The van der Waals surface area contributed by atoms with Gasteiger partial charge in [-0.25, -0.2) is 0 Å². The van der Waals surface area contributed by atoms with Crippen LogP contribution < -0.4 is 4.74 Å². The summed E-state index contributed by atoms with van der Waals surface area (Å²) in [5.41, 5.74) is 0.615. The van der Waals surface area contributed by atoms with Crippen LogP contribution >= 0.6 is 0 Å². The fourth-order valence-electron chi connectivity index (χ4n) is 4.53. The molecule has 3 aliphatic rings. The van der Waals surface area contributed by atoms with Crippen molar-refractivity contribution in [2.24, 2.45) is 5.92 Å². The van der Waals surface area contributed by atoms with E-state index in [1.807, 2.05) is 6.07 Å². The van der Waals surface area contributed by atoms with E-state index in [-0.39, 0.29) is 17.3 Å². The van der Waals surface area contributed by atoms with Crippen molar-refractivity contribution in [3.8, 4) is 17.6 Å². The Kier molecular flexibility index (Phi) is 4.30. The third-order valence-electron chi connectivity index (χ3n) is 6.03. The number of benzene rings is 1. The molecule has 3 aliphatic heterocycles. The summed E-state index contributed by atoms with van der Waals surface area (Å²) in [6, 6.07) is 8.31. The molecule has 0 spiro atoms. The van der Waals surface area contributed by atoms with Crippen LogP contribution in [0.25, 0.3) is 0 Å². The van der Waals surface area contributed by atoms with Crippen LogP contribution in [0.15, 0.2) is 24.3 Å². The summed E-state index contributed by atoms with van der Waals surface area (Å²) in [6.45, 7) is 9.78. The van der Waals surface area contributed by atoms with Crippen LogP contribution in [0.4, 0.5) is 0 Å². The first kappa shape index (κ1) is 16.9. The average molecular weight is 339 g/mol. The topological polar surface area (TPSA) is 21.7 Å². The molecular formula is C22H29NO2. The zero-order chi connectivity index (χ0) is 17.5. The van der Waals surface area contributed by atoms with Crippen molar-refractivity contribution >= 4 is 0 Å². The highest BCUT2D eigenvalue weighted by molar-refractivity contribution is 5.39. The van der Waals surface area contributed by atoms with E-state index in [1.54, 1.807) is 0 Å². The summed E-state index contributed by atoms with van der Waals surface area (Å²) in [5.74, 6) is 8.19. The van der Waals surface area contributed by atoms with Crippen LogP contribution in [0, 0.1) is 17.8 Å². The largest absolute Gasteiger partial charge is 0.487 e. The van der Waals surface area contributed by atoms with Crippen molar-refractivity contribution in [2.45, 2.75) is 63.8 Å². The SMILES string of the molecule is CC1(C)Oc2ccccc2[C@H]2O[C@@](C)(C#CCN3CCCC3)CC[C@H]21. The fourth-order valence-corrected chi connectivity index (χ4v) is 4.53. The number of fused-ring (bicyclic) bond motifs is 3. The molecule has 3 atom stereocenters. The second kappa shape index (κ2) is 6.34. The van der Waals surface area contributed by atoms with Gasteiger partial charge in [-0.05, 0) is 65.6 Å². The maximum Gasteiger partial charge on any atom is 0.126 e. The van der Waals surface area contributed by atoms with Crippen LogP contribution in [-0.4, -0.2) is 35.7 Å². The molecule has 0 radical (unpaired) electrons. The van der Waals surface area contributed by atoms with Crippen LogP contribution in [0.5, 0.6) is 5.75 Å². The van der Waals surface area contributed by atoms with Gasteiger partial charge < -0.3 is 9.47 Å². The van der Waals surface area contributed by atoms with E-state index < -0.39 is 0 Å². The number of likely N-dealkylation sites (tertiary alicyclic amines) is 1. The van der Waals surface area contributed by atoms with E-state index in [1.165, 1.54) is 31.5 Å². The predicted molar refractivity (Wildman–Crippen MR) is 99.6 cm³/mol. The molecule has 0 aromatic heterocycles. The van der Waals surface area contributed by atoms with E-state index in [4.69, 9.17) is 9.47 Å². The van der Waals surface area contributed by atoms with E-state index in [0.717, 1.165) is 25.1 Å². The monoisotopic (exact) mass is 339 g/mol. The number of ether oxygens (including phenoxy) is 2. The molecule has 0 amide bonds. The fraction of sp³-hybridized carbons (Fsp3) is 0.636. The lowest BCUT2D eigenvalue weighted by Gasteiger charge is -2.50. The van der Waals surface area contributed by atoms with Crippen molar-refractivity contribution in [1.29, 1.82) is 0 Å². The zero-order valence-electron chi connectivity index (χ0n) is 15.7.